The Morgan fingerprint density at radius 1 is 1.04 bits per heavy atom. The lowest BCUT2D eigenvalue weighted by Gasteiger charge is -2.10. The second kappa shape index (κ2) is 7.75. The molecule has 2 aromatic carbocycles. The van der Waals surface area contributed by atoms with Crippen LogP contribution in [0.4, 0.5) is 10.5 Å². The normalized spacial score (nSPS) is 9.54. The van der Waals surface area contributed by atoms with Crippen LogP contribution < -0.4 is 10.6 Å². The monoisotopic (exact) mass is 319 g/mol. The lowest BCUT2D eigenvalue weighted by molar-refractivity contribution is 0.0967. The van der Waals surface area contributed by atoms with Crippen LogP contribution in [0, 0.1) is 11.3 Å². The Morgan fingerprint density at radius 2 is 1.75 bits per heavy atom. The Kier molecular flexibility index (Phi) is 5.48. The van der Waals surface area contributed by atoms with Crippen molar-refractivity contribution in [3.8, 4) is 6.07 Å². The van der Waals surface area contributed by atoms with Crippen molar-refractivity contribution in [3.05, 3.63) is 70.8 Å². The van der Waals surface area contributed by atoms with Gasteiger partial charge < -0.3 is 5.32 Å². The Labute approximate surface area is 140 Å². The zero-order valence-corrected chi connectivity index (χ0v) is 13.5. The molecule has 0 heterocycles. The average molecular weight is 319 g/mol. The van der Waals surface area contributed by atoms with E-state index in [4.69, 9.17) is 0 Å². The molecule has 24 heavy (non-hydrogen) atoms. The van der Waals surface area contributed by atoms with E-state index in [0.29, 0.717) is 22.4 Å². The van der Waals surface area contributed by atoms with E-state index in [1.165, 1.54) is 0 Å². The second-order valence-corrected chi connectivity index (χ2v) is 5.38. The van der Waals surface area contributed by atoms with Crippen LogP contribution >= 0.6 is 0 Å². The van der Waals surface area contributed by atoms with E-state index >= 15 is 0 Å². The number of nitrogens with one attached hydrogen (secondary N) is 2. The lowest BCUT2D eigenvalue weighted by atomic mass is 10.0. The van der Waals surface area contributed by atoms with Crippen LogP contribution in [0.1, 0.15) is 35.3 Å². The van der Waals surface area contributed by atoms with Crippen molar-refractivity contribution in [2.45, 2.75) is 13.8 Å². The number of carbonyl (C=O) groups excluding carboxylic acids is 2. The zero-order chi connectivity index (χ0) is 17.5. The molecular weight excluding hydrogens is 302 g/mol. The van der Waals surface area contributed by atoms with Gasteiger partial charge in [-0.3, -0.25) is 10.1 Å². The van der Waals surface area contributed by atoms with E-state index in [1.54, 1.807) is 48.5 Å². The summed E-state index contributed by atoms with van der Waals surface area (Å²) in [4.78, 5) is 24.0. The van der Waals surface area contributed by atoms with Gasteiger partial charge in [-0.2, -0.15) is 5.26 Å². The maximum Gasteiger partial charge on any atom is 0.326 e. The Bertz CT molecular complexity index is 829. The van der Waals surface area contributed by atoms with Crippen LogP contribution in [0.5, 0.6) is 0 Å². The van der Waals surface area contributed by atoms with E-state index in [0.717, 1.165) is 5.57 Å². The average Bonchev–Trinajstić information content (AvgIpc) is 2.55. The van der Waals surface area contributed by atoms with E-state index in [-0.39, 0.29) is 0 Å². The van der Waals surface area contributed by atoms with E-state index < -0.39 is 11.9 Å². The summed E-state index contributed by atoms with van der Waals surface area (Å²) in [5.41, 5.74) is 2.83. The molecule has 0 fully saturated rings. The number of amides is 3. The fraction of sp³-hybridized carbons (Fsp3) is 0.105. The highest BCUT2D eigenvalue weighted by Crippen LogP contribution is 2.21. The van der Waals surface area contributed by atoms with Gasteiger partial charge in [0, 0.05) is 5.56 Å². The number of carbonyl (C=O) groups is 2. The minimum Gasteiger partial charge on any atom is -0.306 e. The summed E-state index contributed by atoms with van der Waals surface area (Å²) in [5.74, 6) is -0.507. The first-order chi connectivity index (χ1) is 11.5. The van der Waals surface area contributed by atoms with Gasteiger partial charge in [0.2, 0.25) is 0 Å². The molecular formula is C19H17N3O2. The Hall–Kier alpha value is -3.39. The van der Waals surface area contributed by atoms with Crippen molar-refractivity contribution < 1.29 is 9.59 Å². The number of benzene rings is 2. The molecule has 0 aliphatic carbocycles. The van der Waals surface area contributed by atoms with Crippen molar-refractivity contribution in [1.29, 1.82) is 5.26 Å². The summed E-state index contributed by atoms with van der Waals surface area (Å²) >= 11 is 0. The minimum absolute atomic E-state index is 0.348. The number of urea groups is 1. The molecule has 0 radical (unpaired) electrons. The SMILES string of the molecule is CC(C)=Cc1cccc(NC(=O)NC(=O)c2ccccc2)c1C#N. The molecule has 0 atom stereocenters. The van der Waals surface area contributed by atoms with Gasteiger partial charge in [0.15, 0.2) is 0 Å². The van der Waals surface area contributed by atoms with Gasteiger partial charge in [-0.15, -0.1) is 0 Å². The third-order valence-corrected chi connectivity index (χ3v) is 3.16. The van der Waals surface area contributed by atoms with Crippen molar-refractivity contribution >= 4 is 23.7 Å². The zero-order valence-electron chi connectivity index (χ0n) is 13.5. The summed E-state index contributed by atoms with van der Waals surface area (Å²) in [5, 5.41) is 14.2. The van der Waals surface area contributed by atoms with Crippen molar-refractivity contribution in [2.24, 2.45) is 0 Å². The number of anilines is 1. The highest BCUT2D eigenvalue weighted by atomic mass is 16.2. The number of rotatable bonds is 3. The Morgan fingerprint density at radius 3 is 2.38 bits per heavy atom. The molecule has 0 bridgehead atoms. The Balaban J connectivity index is 2.16. The largest absolute Gasteiger partial charge is 0.326 e. The van der Waals surface area contributed by atoms with Gasteiger partial charge >= 0.3 is 6.03 Å². The number of imide groups is 1. The number of allylic oxidation sites excluding steroid dienone is 1. The van der Waals surface area contributed by atoms with Crippen LogP contribution in [0.15, 0.2) is 54.1 Å². The molecule has 120 valence electrons. The fourth-order valence-electron chi connectivity index (χ4n) is 2.15. The third kappa shape index (κ3) is 4.31. The predicted molar refractivity (Wildman–Crippen MR) is 93.4 cm³/mol. The van der Waals surface area contributed by atoms with Crippen LogP contribution in [0.2, 0.25) is 0 Å². The molecule has 0 aromatic heterocycles. The molecule has 2 aromatic rings. The highest BCUT2D eigenvalue weighted by Gasteiger charge is 2.13. The molecule has 2 N–H and O–H groups in total. The smallest absolute Gasteiger partial charge is 0.306 e. The van der Waals surface area contributed by atoms with Gasteiger partial charge in [-0.25, -0.2) is 4.79 Å². The quantitative estimate of drug-likeness (QED) is 0.899. The second-order valence-electron chi connectivity index (χ2n) is 5.38. The summed E-state index contributed by atoms with van der Waals surface area (Å²) in [6.45, 7) is 3.85. The third-order valence-electron chi connectivity index (χ3n) is 3.16. The molecule has 3 amide bonds. The standard InChI is InChI=1S/C19H17N3O2/c1-13(2)11-15-9-6-10-17(16(15)12-20)21-19(24)22-18(23)14-7-4-3-5-8-14/h3-11H,1-2H3,(H2,21,22,23,24). The van der Waals surface area contributed by atoms with Gasteiger partial charge in [0.1, 0.15) is 6.07 Å². The number of nitrogens with zero attached hydrogens (tertiary/aromatic N) is 1. The van der Waals surface area contributed by atoms with Crippen molar-refractivity contribution in [1.82, 2.24) is 5.32 Å². The first-order valence-corrected chi connectivity index (χ1v) is 7.36. The van der Waals surface area contributed by atoms with E-state index in [9.17, 15) is 14.9 Å². The van der Waals surface area contributed by atoms with Crippen molar-refractivity contribution in [2.75, 3.05) is 5.32 Å². The first-order valence-electron chi connectivity index (χ1n) is 7.36. The molecule has 0 aliphatic heterocycles. The van der Waals surface area contributed by atoms with Gasteiger partial charge in [-0.05, 0) is 37.6 Å². The number of hydrogen-bond donors (Lipinski definition) is 2. The van der Waals surface area contributed by atoms with Gasteiger partial charge in [-0.1, -0.05) is 42.0 Å². The summed E-state index contributed by atoms with van der Waals surface area (Å²) in [7, 11) is 0. The fourth-order valence-corrected chi connectivity index (χ4v) is 2.15. The molecule has 0 saturated heterocycles. The van der Waals surface area contributed by atoms with Crippen molar-refractivity contribution in [3.63, 3.8) is 0 Å². The van der Waals surface area contributed by atoms with Crippen LogP contribution in [0.25, 0.3) is 6.08 Å². The molecule has 0 saturated carbocycles. The minimum atomic E-state index is -0.685. The van der Waals surface area contributed by atoms with E-state index in [1.807, 2.05) is 19.9 Å². The molecule has 0 spiro atoms. The molecule has 0 unspecified atom stereocenters. The molecule has 0 aliphatic rings. The van der Waals surface area contributed by atoms with E-state index in [2.05, 4.69) is 16.7 Å². The first kappa shape index (κ1) is 17.0. The van der Waals surface area contributed by atoms with Gasteiger partial charge in [0.25, 0.3) is 5.91 Å². The predicted octanol–water partition coefficient (Wildman–Crippen LogP) is 3.94. The summed E-state index contributed by atoms with van der Waals surface area (Å²) < 4.78 is 0. The summed E-state index contributed by atoms with van der Waals surface area (Å²) in [6, 6.07) is 15.0. The maximum absolute atomic E-state index is 12.0. The number of nitriles is 1. The lowest BCUT2D eigenvalue weighted by Crippen LogP contribution is -2.34. The highest BCUT2D eigenvalue weighted by molar-refractivity contribution is 6.08. The van der Waals surface area contributed by atoms with Crippen LogP contribution in [0.3, 0.4) is 0 Å². The maximum atomic E-state index is 12.0. The molecule has 2 rings (SSSR count). The van der Waals surface area contributed by atoms with Crippen LogP contribution in [-0.4, -0.2) is 11.9 Å². The number of hydrogen-bond acceptors (Lipinski definition) is 3. The van der Waals surface area contributed by atoms with Gasteiger partial charge in [0.05, 0.1) is 11.3 Å². The topological polar surface area (TPSA) is 82.0 Å². The van der Waals surface area contributed by atoms with Crippen LogP contribution in [-0.2, 0) is 0 Å². The molecule has 5 nitrogen and oxygen atoms in total. The summed E-state index contributed by atoms with van der Waals surface area (Å²) in [6.07, 6.45) is 1.86. The molecule has 5 heteroatoms.